The predicted octanol–water partition coefficient (Wildman–Crippen LogP) is 3.44. The van der Waals surface area contributed by atoms with Crippen molar-refractivity contribution in [3.8, 4) is 0 Å². The number of likely N-dealkylation sites (tertiary alicyclic amines) is 1. The molecule has 1 heterocycles. The van der Waals surface area contributed by atoms with Crippen LogP contribution in [0.15, 0.2) is 24.3 Å². The van der Waals surface area contributed by atoms with E-state index in [2.05, 4.69) is 29.3 Å². The molecule has 1 amide bonds. The average molecular weight is 362 g/mol. The van der Waals surface area contributed by atoms with Crippen molar-refractivity contribution in [1.82, 2.24) is 4.90 Å². The smallest absolute Gasteiger partial charge is 0.243 e. The minimum Gasteiger partial charge on any atom is -0.325 e. The summed E-state index contributed by atoms with van der Waals surface area (Å²) in [5, 5.41) is 2.84. The molecule has 1 saturated heterocycles. The number of halogens is 2. The first-order chi connectivity index (χ1) is 9.84. The summed E-state index contributed by atoms with van der Waals surface area (Å²) in [6.45, 7) is 9.08. The molecule has 6 heteroatoms. The number of nitrogens with two attached hydrogens (primary N) is 1. The Bertz CT molecular complexity index is 478. The number of rotatable bonds is 4. The minimum atomic E-state index is -0.858. The topological polar surface area (TPSA) is 58.4 Å². The van der Waals surface area contributed by atoms with Crippen LogP contribution in [0.25, 0.3) is 0 Å². The second-order valence-electron chi connectivity index (χ2n) is 6.83. The molecule has 1 aliphatic heterocycles. The van der Waals surface area contributed by atoms with E-state index in [-0.39, 0.29) is 30.7 Å². The van der Waals surface area contributed by atoms with E-state index in [0.29, 0.717) is 0 Å². The molecule has 0 bridgehead atoms. The Kier molecular flexibility index (Phi) is 9.14. The zero-order chi connectivity index (χ0) is 15.5. The third-order valence-electron chi connectivity index (χ3n) is 4.08. The van der Waals surface area contributed by atoms with Gasteiger partial charge in [-0.05, 0) is 63.4 Å². The van der Waals surface area contributed by atoms with Crippen LogP contribution in [0.3, 0.4) is 0 Å². The summed E-state index contributed by atoms with van der Waals surface area (Å²) in [5.41, 5.74) is 7.00. The normalized spacial score (nSPS) is 16.2. The molecule has 1 aromatic rings. The number of nitrogens with one attached hydrogen (secondary N) is 1. The molecule has 0 atom stereocenters. The highest BCUT2D eigenvalue weighted by Gasteiger charge is 2.21. The number of anilines is 1. The van der Waals surface area contributed by atoms with Crippen LogP contribution in [0.1, 0.15) is 39.2 Å². The van der Waals surface area contributed by atoms with Crippen molar-refractivity contribution in [2.45, 2.75) is 45.7 Å². The van der Waals surface area contributed by atoms with Gasteiger partial charge in [0.25, 0.3) is 0 Å². The molecule has 0 saturated carbocycles. The Morgan fingerprint density at radius 1 is 1.22 bits per heavy atom. The van der Waals surface area contributed by atoms with E-state index < -0.39 is 5.54 Å². The highest BCUT2D eigenvalue weighted by atomic mass is 35.5. The number of hydrogen-bond donors (Lipinski definition) is 2. The van der Waals surface area contributed by atoms with Crippen molar-refractivity contribution in [3.63, 3.8) is 0 Å². The Balaban J connectivity index is 0.00000242. The fourth-order valence-electron chi connectivity index (χ4n) is 2.46. The van der Waals surface area contributed by atoms with Gasteiger partial charge in [0, 0.05) is 12.2 Å². The summed E-state index contributed by atoms with van der Waals surface area (Å²) >= 11 is 0. The molecule has 4 nitrogen and oxygen atoms in total. The molecular formula is C17H29Cl2N3O. The molecule has 0 radical (unpaired) electrons. The van der Waals surface area contributed by atoms with Crippen LogP contribution in [0.5, 0.6) is 0 Å². The van der Waals surface area contributed by atoms with Crippen molar-refractivity contribution in [3.05, 3.63) is 29.8 Å². The summed E-state index contributed by atoms with van der Waals surface area (Å²) in [6.07, 6.45) is 2.58. The number of nitrogens with zero attached hydrogens (tertiary/aromatic N) is 1. The van der Waals surface area contributed by atoms with Gasteiger partial charge in [-0.3, -0.25) is 9.69 Å². The summed E-state index contributed by atoms with van der Waals surface area (Å²) in [4.78, 5) is 14.3. The van der Waals surface area contributed by atoms with Crippen molar-refractivity contribution in [1.29, 1.82) is 0 Å². The molecule has 132 valence electrons. The van der Waals surface area contributed by atoms with Gasteiger partial charge < -0.3 is 11.1 Å². The lowest BCUT2D eigenvalue weighted by Gasteiger charge is -2.30. The zero-order valence-corrected chi connectivity index (χ0v) is 15.8. The van der Waals surface area contributed by atoms with E-state index in [4.69, 9.17) is 5.73 Å². The predicted molar refractivity (Wildman–Crippen MR) is 102 cm³/mol. The maximum Gasteiger partial charge on any atom is 0.243 e. The van der Waals surface area contributed by atoms with E-state index in [1.165, 1.54) is 31.5 Å². The van der Waals surface area contributed by atoms with Crippen molar-refractivity contribution >= 4 is 36.4 Å². The van der Waals surface area contributed by atoms with E-state index in [1.54, 1.807) is 13.8 Å². The maximum atomic E-state index is 11.8. The van der Waals surface area contributed by atoms with Crippen molar-refractivity contribution in [2.75, 3.05) is 18.4 Å². The van der Waals surface area contributed by atoms with E-state index in [0.717, 1.165) is 18.2 Å². The van der Waals surface area contributed by atoms with Crippen LogP contribution in [-0.4, -0.2) is 29.4 Å². The Morgan fingerprint density at radius 3 is 2.22 bits per heavy atom. The van der Waals surface area contributed by atoms with Crippen molar-refractivity contribution < 1.29 is 4.79 Å². The quantitative estimate of drug-likeness (QED) is 0.863. The minimum absolute atomic E-state index is 0. The van der Waals surface area contributed by atoms with Gasteiger partial charge in [-0.2, -0.15) is 0 Å². The standard InChI is InChI=1S/C17H27N3O.2ClH/c1-13-8-10-20(11-9-13)12-14-4-6-15(7-5-14)19-16(21)17(2,3)18;;/h4-7,13H,8-12,18H2,1-3H3,(H,19,21);2*1H. The second-order valence-corrected chi connectivity index (χ2v) is 6.83. The number of amides is 1. The molecule has 1 fully saturated rings. The monoisotopic (exact) mass is 361 g/mol. The molecule has 0 unspecified atom stereocenters. The van der Waals surface area contributed by atoms with Crippen LogP contribution in [0, 0.1) is 5.92 Å². The fourth-order valence-corrected chi connectivity index (χ4v) is 2.46. The largest absolute Gasteiger partial charge is 0.325 e. The Morgan fingerprint density at radius 2 is 1.74 bits per heavy atom. The van der Waals surface area contributed by atoms with Gasteiger partial charge in [0.05, 0.1) is 5.54 Å². The lowest BCUT2D eigenvalue weighted by atomic mass is 9.99. The van der Waals surface area contributed by atoms with E-state index >= 15 is 0 Å². The van der Waals surface area contributed by atoms with Gasteiger partial charge in [-0.15, -0.1) is 24.8 Å². The van der Waals surface area contributed by atoms with Crippen LogP contribution in [0.2, 0.25) is 0 Å². The number of carbonyl (C=O) groups excluding carboxylic acids is 1. The van der Waals surface area contributed by atoms with Gasteiger partial charge in [0.2, 0.25) is 5.91 Å². The molecule has 3 N–H and O–H groups in total. The van der Waals surface area contributed by atoms with Crippen LogP contribution in [0.4, 0.5) is 5.69 Å². The molecule has 0 spiro atoms. The number of carbonyl (C=O) groups is 1. The summed E-state index contributed by atoms with van der Waals surface area (Å²) in [7, 11) is 0. The first-order valence-corrected chi connectivity index (χ1v) is 7.76. The summed E-state index contributed by atoms with van der Waals surface area (Å²) < 4.78 is 0. The van der Waals surface area contributed by atoms with Gasteiger partial charge in [0.15, 0.2) is 0 Å². The van der Waals surface area contributed by atoms with Gasteiger partial charge in [-0.1, -0.05) is 19.1 Å². The molecule has 2 rings (SSSR count). The first kappa shape index (κ1) is 22.2. The SMILES string of the molecule is CC1CCN(Cc2ccc(NC(=O)C(C)(C)N)cc2)CC1.Cl.Cl. The lowest BCUT2D eigenvalue weighted by Crippen LogP contribution is -2.45. The van der Waals surface area contributed by atoms with Crippen LogP contribution >= 0.6 is 24.8 Å². The van der Waals surface area contributed by atoms with Crippen LogP contribution in [-0.2, 0) is 11.3 Å². The molecule has 0 aromatic heterocycles. The highest BCUT2D eigenvalue weighted by Crippen LogP contribution is 2.19. The Hall–Kier alpha value is -0.810. The first-order valence-electron chi connectivity index (χ1n) is 7.76. The molecule has 0 aliphatic carbocycles. The molecular weight excluding hydrogens is 333 g/mol. The number of hydrogen-bond acceptors (Lipinski definition) is 3. The van der Waals surface area contributed by atoms with Gasteiger partial charge in [-0.25, -0.2) is 0 Å². The summed E-state index contributed by atoms with van der Waals surface area (Å²) in [6, 6.07) is 8.06. The summed E-state index contributed by atoms with van der Waals surface area (Å²) in [5.74, 6) is 0.693. The molecule has 1 aliphatic rings. The zero-order valence-electron chi connectivity index (χ0n) is 14.2. The Labute approximate surface area is 152 Å². The third kappa shape index (κ3) is 7.08. The van der Waals surface area contributed by atoms with E-state index in [9.17, 15) is 4.79 Å². The fraction of sp³-hybridized carbons (Fsp3) is 0.588. The van der Waals surface area contributed by atoms with Crippen LogP contribution < -0.4 is 11.1 Å². The highest BCUT2D eigenvalue weighted by molar-refractivity contribution is 5.97. The lowest BCUT2D eigenvalue weighted by molar-refractivity contribution is -0.120. The average Bonchev–Trinajstić information content (AvgIpc) is 2.42. The molecule has 23 heavy (non-hydrogen) atoms. The maximum absolute atomic E-state index is 11.8. The number of piperidine rings is 1. The molecule has 1 aromatic carbocycles. The second kappa shape index (κ2) is 9.48. The van der Waals surface area contributed by atoms with Gasteiger partial charge >= 0.3 is 0 Å². The van der Waals surface area contributed by atoms with Crippen molar-refractivity contribution in [2.24, 2.45) is 11.7 Å². The third-order valence-corrected chi connectivity index (χ3v) is 4.08. The van der Waals surface area contributed by atoms with E-state index in [1.807, 2.05) is 12.1 Å². The van der Waals surface area contributed by atoms with Gasteiger partial charge in [0.1, 0.15) is 0 Å². The number of benzene rings is 1.